The molecule has 6 atom stereocenters. The van der Waals surface area contributed by atoms with Crippen molar-refractivity contribution in [3.05, 3.63) is 27.3 Å². The van der Waals surface area contributed by atoms with Gasteiger partial charge in [0.15, 0.2) is 0 Å². The van der Waals surface area contributed by atoms with E-state index in [2.05, 4.69) is 52.9 Å². The molecule has 0 spiro atoms. The minimum atomic E-state index is -1.55. The number of fused-ring (bicyclic) bond motifs is 2. The van der Waals surface area contributed by atoms with Gasteiger partial charge in [-0.05, 0) is 57.0 Å². The maximum Gasteiger partial charge on any atom is 4.00 e. The summed E-state index contributed by atoms with van der Waals surface area (Å²) in [6, 6.07) is 0.813. The number of nitrogens with zero attached hydrogens (tertiary/aromatic N) is 2. The first-order chi connectivity index (χ1) is 10.6. The summed E-state index contributed by atoms with van der Waals surface area (Å²) in [5.41, 5.74) is 1.03. The molecule has 4 heteroatoms. The predicted molar refractivity (Wildman–Crippen MR) is 123 cm³/mol. The molecule has 158 valence electrons. The minimum absolute atomic E-state index is 0. The maximum atomic E-state index is 5.41. The number of hydrogen-bond donors (Lipinski definition) is 0. The Morgan fingerprint density at radius 1 is 0.852 bits per heavy atom. The molecular formula is C23H48N2SiTi. The fourth-order valence-electron chi connectivity index (χ4n) is 6.65. The van der Waals surface area contributed by atoms with E-state index in [-0.39, 0.29) is 49.5 Å². The van der Waals surface area contributed by atoms with Crippen LogP contribution in [0.2, 0.25) is 18.6 Å². The van der Waals surface area contributed by atoms with E-state index in [1.807, 2.05) is 0 Å². The molecule has 3 aliphatic carbocycles. The van der Waals surface area contributed by atoms with Gasteiger partial charge in [0.25, 0.3) is 0 Å². The molecule has 0 aromatic rings. The Bertz CT molecular complexity index is 433. The summed E-state index contributed by atoms with van der Waals surface area (Å²) in [5.74, 6) is 4.03. The maximum absolute atomic E-state index is 5.41. The molecule has 2 nitrogen and oxygen atoms in total. The zero-order chi connectivity index (χ0) is 17.0. The van der Waals surface area contributed by atoms with Crippen LogP contribution in [0.4, 0.5) is 0 Å². The van der Waals surface area contributed by atoms with E-state index >= 15 is 0 Å². The van der Waals surface area contributed by atoms with Crippen LogP contribution in [0.3, 0.4) is 0 Å². The first kappa shape index (κ1) is 30.0. The average molecular weight is 429 g/mol. The Balaban J connectivity index is 0. The molecule has 3 rings (SSSR count). The molecule has 3 saturated carbocycles. The molecule has 27 heavy (non-hydrogen) atoms. The van der Waals surface area contributed by atoms with Gasteiger partial charge in [-0.1, -0.05) is 66.9 Å². The van der Waals surface area contributed by atoms with Crippen molar-refractivity contribution in [2.24, 2.45) is 23.7 Å². The van der Waals surface area contributed by atoms with E-state index in [9.17, 15) is 0 Å². The van der Waals surface area contributed by atoms with Crippen LogP contribution in [0, 0.1) is 46.0 Å². The Morgan fingerprint density at radius 3 is 1.78 bits per heavy atom. The number of rotatable bonds is 3. The van der Waals surface area contributed by atoms with Crippen molar-refractivity contribution in [1.82, 2.24) is 4.90 Å². The van der Waals surface area contributed by atoms with Gasteiger partial charge in [0.1, 0.15) is 0 Å². The average Bonchev–Trinajstić information content (AvgIpc) is 2.95. The molecule has 5 unspecified atom stereocenters. The zero-order valence-electron chi connectivity index (χ0n) is 20.1. The second-order valence-corrected chi connectivity index (χ2v) is 14.8. The summed E-state index contributed by atoms with van der Waals surface area (Å²) < 4.78 is 0. The van der Waals surface area contributed by atoms with E-state index < -0.39 is 8.24 Å². The normalized spacial score (nSPS) is 35.1. The SMILES string of the molecule is CN(C)C1CC([Si](C)(C)[N-]C(C)(C)C)C2C[C@H]3CCCC3CC21.[CH3-].[CH3-].[CH3-].[Ti+4]. The Labute approximate surface area is 189 Å². The van der Waals surface area contributed by atoms with Gasteiger partial charge in [-0.3, -0.25) is 0 Å². The molecule has 0 radical (unpaired) electrons. The fraction of sp³-hybridized carbons (Fsp3) is 0.870. The topological polar surface area (TPSA) is 17.3 Å². The molecule has 0 aliphatic heterocycles. The Morgan fingerprint density at radius 2 is 1.33 bits per heavy atom. The molecule has 0 saturated heterocycles. The van der Waals surface area contributed by atoms with Crippen molar-refractivity contribution in [2.45, 2.75) is 89.5 Å². The third-order valence-electron chi connectivity index (χ3n) is 7.22. The van der Waals surface area contributed by atoms with Crippen LogP contribution in [0.25, 0.3) is 4.98 Å². The minimum Gasteiger partial charge on any atom is -0.660 e. The van der Waals surface area contributed by atoms with Crippen LogP contribution in [-0.2, 0) is 21.7 Å². The smallest absolute Gasteiger partial charge is 0.660 e. The first-order valence-corrected chi connectivity index (χ1v) is 13.0. The Kier molecular flexibility index (Phi) is 12.0. The van der Waals surface area contributed by atoms with Gasteiger partial charge in [0.05, 0.1) is 0 Å². The molecule has 0 aromatic carbocycles. The standard InChI is InChI=1S/C20H39N2Si.3CH3.Ti/c1-20(2,3)21-23(6,7)19-13-18(22(4)5)16-11-14-9-8-10-15(14)12-17(16)19;;;;/h14-19H,8-13H2,1-7H3;3*1H3;/q4*-1;+4/t14?,15-,16?,17?,18?,19?;;;;/m1..../s1. The molecule has 0 heterocycles. The second kappa shape index (κ2) is 10.8. The number of hydrogen-bond acceptors (Lipinski definition) is 1. The summed E-state index contributed by atoms with van der Waals surface area (Å²) in [7, 11) is 3.09. The van der Waals surface area contributed by atoms with Crippen molar-refractivity contribution in [3.63, 3.8) is 0 Å². The third kappa shape index (κ3) is 6.41. The zero-order valence-corrected chi connectivity index (χ0v) is 22.7. The van der Waals surface area contributed by atoms with Crippen LogP contribution in [0.15, 0.2) is 0 Å². The Hall–Kier alpha value is 0.851. The van der Waals surface area contributed by atoms with E-state index in [1.54, 1.807) is 0 Å². The van der Waals surface area contributed by atoms with Crippen molar-refractivity contribution in [3.8, 4) is 0 Å². The van der Waals surface area contributed by atoms with Gasteiger partial charge in [-0.15, -0.1) is 5.54 Å². The fourth-order valence-corrected chi connectivity index (χ4v) is 10.8. The van der Waals surface area contributed by atoms with Crippen molar-refractivity contribution in [1.29, 1.82) is 0 Å². The van der Waals surface area contributed by atoms with Crippen LogP contribution in [0.1, 0.15) is 59.3 Å². The van der Waals surface area contributed by atoms with Gasteiger partial charge in [-0.25, -0.2) is 0 Å². The predicted octanol–water partition coefficient (Wildman–Crippen LogP) is 6.86. The largest absolute Gasteiger partial charge is 4.00 e. The molecule has 0 aromatic heterocycles. The summed E-state index contributed by atoms with van der Waals surface area (Å²) in [6.45, 7) is 12.0. The summed E-state index contributed by atoms with van der Waals surface area (Å²) in [5, 5.41) is 0. The van der Waals surface area contributed by atoms with Crippen molar-refractivity contribution in [2.75, 3.05) is 14.1 Å². The van der Waals surface area contributed by atoms with Crippen molar-refractivity contribution >= 4 is 8.24 Å². The molecule has 3 fully saturated rings. The molecule has 0 amide bonds. The van der Waals surface area contributed by atoms with Gasteiger partial charge in [-0.2, -0.15) is 0 Å². The molecule has 3 aliphatic rings. The monoisotopic (exact) mass is 428 g/mol. The van der Waals surface area contributed by atoms with E-state index in [4.69, 9.17) is 4.98 Å². The second-order valence-electron chi connectivity index (χ2n) is 10.6. The van der Waals surface area contributed by atoms with Crippen LogP contribution < -0.4 is 0 Å². The molecule has 0 bridgehead atoms. The summed E-state index contributed by atoms with van der Waals surface area (Å²) >= 11 is 0. The van der Waals surface area contributed by atoms with Gasteiger partial charge in [0.2, 0.25) is 0 Å². The molecular weight excluding hydrogens is 380 g/mol. The molecule has 0 N–H and O–H groups in total. The van der Waals surface area contributed by atoms with Gasteiger partial charge >= 0.3 is 21.7 Å². The summed E-state index contributed by atoms with van der Waals surface area (Å²) in [4.78, 5) is 7.96. The quantitative estimate of drug-likeness (QED) is 0.355. The van der Waals surface area contributed by atoms with E-state index in [0.717, 1.165) is 35.3 Å². The van der Waals surface area contributed by atoms with Gasteiger partial charge < -0.3 is 32.2 Å². The van der Waals surface area contributed by atoms with Crippen molar-refractivity contribution < 1.29 is 21.7 Å². The van der Waals surface area contributed by atoms with E-state index in [1.165, 1.54) is 38.5 Å². The van der Waals surface area contributed by atoms with Crippen LogP contribution in [-0.4, -0.2) is 38.8 Å². The van der Waals surface area contributed by atoms with Crippen LogP contribution >= 0.6 is 0 Å². The summed E-state index contributed by atoms with van der Waals surface area (Å²) in [6.07, 6.45) is 9.01. The first-order valence-electron chi connectivity index (χ1n) is 9.99. The van der Waals surface area contributed by atoms with Crippen LogP contribution in [0.5, 0.6) is 0 Å². The van der Waals surface area contributed by atoms with Gasteiger partial charge in [0, 0.05) is 6.04 Å². The van der Waals surface area contributed by atoms with E-state index in [0.29, 0.717) is 0 Å². The third-order valence-corrected chi connectivity index (χ3v) is 10.9.